The minimum Gasteiger partial charge on any atom is -0.445 e. The van der Waals surface area contributed by atoms with Gasteiger partial charge in [-0.15, -0.1) is 0 Å². The lowest BCUT2D eigenvalue weighted by molar-refractivity contribution is -0.125. The molecule has 0 spiro atoms. The van der Waals surface area contributed by atoms with E-state index in [-0.39, 0.29) is 13.0 Å². The molecule has 34 heavy (non-hydrogen) atoms. The van der Waals surface area contributed by atoms with Gasteiger partial charge in [-0.2, -0.15) is 5.26 Å². The van der Waals surface area contributed by atoms with Gasteiger partial charge in [-0.1, -0.05) is 62.4 Å². The van der Waals surface area contributed by atoms with Crippen LogP contribution < -0.4 is 11.1 Å². The first-order valence-corrected chi connectivity index (χ1v) is 11.4. The van der Waals surface area contributed by atoms with Crippen LogP contribution in [0.3, 0.4) is 0 Å². The molecule has 1 fully saturated rings. The average Bonchev–Trinajstić information content (AvgIpc) is 3.32. The number of hydrogen-bond donors (Lipinski definition) is 2. The van der Waals surface area contributed by atoms with Gasteiger partial charge in [-0.05, 0) is 41.0 Å². The molecule has 1 aliphatic heterocycles. The Kier molecular flexibility index (Phi) is 8.25. The molecule has 3 rings (SSSR count). The number of rotatable bonds is 8. The van der Waals surface area contributed by atoms with E-state index in [1.165, 1.54) is 10.5 Å². The van der Waals surface area contributed by atoms with Crippen LogP contribution in [-0.4, -0.2) is 41.4 Å². The molecule has 0 saturated carbocycles. The number of nitrogens with zero attached hydrogens (tertiary/aromatic N) is 2. The number of benzene rings is 2. The maximum absolute atomic E-state index is 12.6. The Hall–Kier alpha value is -3.86. The highest BCUT2D eigenvalue weighted by atomic mass is 16.6. The molecule has 1 saturated heterocycles. The maximum atomic E-state index is 12.6. The molecule has 178 valence electrons. The lowest BCUT2D eigenvalue weighted by atomic mass is 9.97. The van der Waals surface area contributed by atoms with E-state index in [4.69, 9.17) is 15.7 Å². The van der Waals surface area contributed by atoms with E-state index >= 15 is 0 Å². The number of likely N-dealkylation sites (tertiary alicyclic amines) is 1. The van der Waals surface area contributed by atoms with Crippen LogP contribution in [0.1, 0.15) is 50.2 Å². The molecule has 0 aliphatic carbocycles. The molecule has 8 heteroatoms. The second kappa shape index (κ2) is 11.3. The number of nitriles is 1. The van der Waals surface area contributed by atoms with Gasteiger partial charge in [0, 0.05) is 6.54 Å². The zero-order valence-corrected chi connectivity index (χ0v) is 19.5. The van der Waals surface area contributed by atoms with Crippen LogP contribution in [0.15, 0.2) is 48.5 Å². The largest absolute Gasteiger partial charge is 0.445 e. The fourth-order valence-electron chi connectivity index (χ4n) is 3.95. The Morgan fingerprint density at radius 2 is 1.91 bits per heavy atom. The van der Waals surface area contributed by atoms with Crippen molar-refractivity contribution >= 4 is 17.9 Å². The van der Waals surface area contributed by atoms with Crippen LogP contribution in [0.5, 0.6) is 0 Å². The molecule has 2 aromatic carbocycles. The smallest absolute Gasteiger partial charge is 0.410 e. The van der Waals surface area contributed by atoms with E-state index < -0.39 is 30.0 Å². The fourth-order valence-corrected chi connectivity index (χ4v) is 3.95. The molecule has 8 nitrogen and oxygen atoms in total. The van der Waals surface area contributed by atoms with Gasteiger partial charge in [0.15, 0.2) is 0 Å². The van der Waals surface area contributed by atoms with E-state index in [1.54, 1.807) is 0 Å². The van der Waals surface area contributed by atoms with Crippen molar-refractivity contribution in [2.45, 2.75) is 57.7 Å². The highest BCUT2D eigenvalue weighted by Crippen LogP contribution is 2.25. The maximum Gasteiger partial charge on any atom is 0.410 e. The first-order chi connectivity index (χ1) is 16.3. The highest BCUT2D eigenvalue weighted by Gasteiger charge is 2.36. The van der Waals surface area contributed by atoms with Gasteiger partial charge in [0.1, 0.15) is 18.7 Å². The van der Waals surface area contributed by atoms with Gasteiger partial charge < -0.3 is 15.8 Å². The predicted molar refractivity (Wildman–Crippen MR) is 127 cm³/mol. The Morgan fingerprint density at radius 3 is 2.56 bits per heavy atom. The van der Waals surface area contributed by atoms with Crippen LogP contribution in [0.4, 0.5) is 4.79 Å². The molecule has 3 N–H and O–H groups in total. The van der Waals surface area contributed by atoms with Gasteiger partial charge in [0.25, 0.3) is 0 Å². The lowest BCUT2D eigenvalue weighted by Gasteiger charge is -2.24. The summed E-state index contributed by atoms with van der Waals surface area (Å²) in [7, 11) is 0. The van der Waals surface area contributed by atoms with Gasteiger partial charge in [0.05, 0.1) is 12.5 Å². The third-order valence-electron chi connectivity index (χ3n) is 5.87. The monoisotopic (exact) mass is 462 g/mol. The van der Waals surface area contributed by atoms with Gasteiger partial charge in [0.2, 0.25) is 11.8 Å². The Morgan fingerprint density at radius 1 is 1.18 bits per heavy atom. The Bertz CT molecular complexity index is 1070. The predicted octanol–water partition coefficient (Wildman–Crippen LogP) is 3.46. The molecule has 0 unspecified atom stereocenters. The topological polar surface area (TPSA) is 126 Å². The summed E-state index contributed by atoms with van der Waals surface area (Å²) < 4.78 is 5.45. The molecule has 0 aromatic heterocycles. The van der Waals surface area contributed by atoms with Crippen LogP contribution in [0, 0.1) is 11.3 Å². The second-order valence-corrected chi connectivity index (χ2v) is 8.74. The Labute approximate surface area is 199 Å². The van der Waals surface area contributed by atoms with Gasteiger partial charge >= 0.3 is 6.09 Å². The number of carbonyl (C=O) groups is 3. The quantitative estimate of drug-likeness (QED) is 0.621. The molecule has 2 atom stereocenters. The van der Waals surface area contributed by atoms with Crippen LogP contribution >= 0.6 is 0 Å². The molecule has 0 radical (unpaired) electrons. The molecule has 0 bridgehead atoms. The van der Waals surface area contributed by atoms with E-state index in [2.05, 4.69) is 43.4 Å². The molecule has 2 aromatic rings. The molecule has 3 amide bonds. The van der Waals surface area contributed by atoms with Crippen LogP contribution in [0.2, 0.25) is 0 Å². The van der Waals surface area contributed by atoms with Crippen molar-refractivity contribution in [2.24, 2.45) is 5.73 Å². The lowest BCUT2D eigenvalue weighted by Crippen LogP contribution is -2.49. The zero-order valence-electron chi connectivity index (χ0n) is 19.5. The normalized spacial score (nSPS) is 16.1. The van der Waals surface area contributed by atoms with Crippen molar-refractivity contribution in [3.63, 3.8) is 0 Å². The van der Waals surface area contributed by atoms with Crippen molar-refractivity contribution in [3.05, 3.63) is 59.7 Å². The number of nitrogens with two attached hydrogens (primary N) is 1. The first-order valence-electron chi connectivity index (χ1n) is 11.4. The van der Waals surface area contributed by atoms with E-state index in [9.17, 15) is 14.4 Å². The number of nitrogens with one attached hydrogen (secondary N) is 1. The molecule has 1 heterocycles. The minimum absolute atomic E-state index is 0.0818. The van der Waals surface area contributed by atoms with Crippen LogP contribution in [-0.2, 0) is 20.9 Å². The summed E-state index contributed by atoms with van der Waals surface area (Å²) in [4.78, 5) is 37.6. The standard InChI is InChI=1S/C26H30N4O4/c1-17(2)20-5-3-6-21(13-20)19-10-8-18(9-11-19)16-34-26(33)30-12-4-7-23(30)25(32)29-22(15-27)14-24(28)31/h3,5-6,8-11,13,17,22-23H,4,7,12,14,16H2,1-2H3,(H2,28,31)(H,29,32)/t22-,23-/m0/s1. The zero-order chi connectivity index (χ0) is 24.7. The summed E-state index contributed by atoms with van der Waals surface area (Å²) in [5, 5.41) is 11.6. The summed E-state index contributed by atoms with van der Waals surface area (Å²) in [5.41, 5.74) is 9.43. The van der Waals surface area contributed by atoms with Gasteiger partial charge in [-0.25, -0.2) is 4.79 Å². The van der Waals surface area contributed by atoms with Crippen molar-refractivity contribution in [1.29, 1.82) is 5.26 Å². The summed E-state index contributed by atoms with van der Waals surface area (Å²) in [5.74, 6) is -0.729. The average molecular weight is 463 g/mol. The van der Waals surface area contributed by atoms with Crippen molar-refractivity contribution in [1.82, 2.24) is 10.2 Å². The van der Waals surface area contributed by atoms with E-state index in [0.717, 1.165) is 16.7 Å². The van der Waals surface area contributed by atoms with Crippen molar-refractivity contribution in [3.8, 4) is 17.2 Å². The number of ether oxygens (including phenoxy) is 1. The Balaban J connectivity index is 1.57. The third-order valence-corrected chi connectivity index (χ3v) is 5.87. The second-order valence-electron chi connectivity index (χ2n) is 8.74. The molecular weight excluding hydrogens is 432 g/mol. The summed E-state index contributed by atoms with van der Waals surface area (Å²) in [6, 6.07) is 16.3. The van der Waals surface area contributed by atoms with E-state index in [1.807, 2.05) is 30.3 Å². The first kappa shape index (κ1) is 24.8. The summed E-state index contributed by atoms with van der Waals surface area (Å²) >= 11 is 0. The van der Waals surface area contributed by atoms with E-state index in [0.29, 0.717) is 25.3 Å². The summed E-state index contributed by atoms with van der Waals surface area (Å²) in [6.45, 7) is 4.79. The summed E-state index contributed by atoms with van der Waals surface area (Å²) in [6.07, 6.45) is 0.233. The number of hydrogen-bond acceptors (Lipinski definition) is 5. The number of primary amides is 1. The minimum atomic E-state index is -1.02. The van der Waals surface area contributed by atoms with Gasteiger partial charge in [-0.3, -0.25) is 14.5 Å². The molecular formula is C26H30N4O4. The number of amides is 3. The highest BCUT2D eigenvalue weighted by molar-refractivity contribution is 5.87. The number of carbonyl (C=O) groups excluding carboxylic acids is 3. The third kappa shape index (κ3) is 6.35. The van der Waals surface area contributed by atoms with Crippen molar-refractivity contribution < 1.29 is 19.1 Å². The SMILES string of the molecule is CC(C)c1cccc(-c2ccc(COC(=O)N3CCC[C@H]3C(=O)N[C@H](C#N)CC(N)=O)cc2)c1. The van der Waals surface area contributed by atoms with Crippen LogP contribution in [0.25, 0.3) is 11.1 Å². The molecule has 1 aliphatic rings. The van der Waals surface area contributed by atoms with Crippen molar-refractivity contribution in [2.75, 3.05) is 6.54 Å². The fraction of sp³-hybridized carbons (Fsp3) is 0.385.